The number of hydrogen-bond acceptors (Lipinski definition) is 1. The summed E-state index contributed by atoms with van der Waals surface area (Å²) in [7, 11) is 6.31. The van der Waals surface area contributed by atoms with E-state index < -0.39 is 37.3 Å². The number of rotatable bonds is 10. The molecule has 0 aromatic heterocycles. The zero-order valence-corrected chi connectivity index (χ0v) is 48.2. The Balaban J connectivity index is 0.000000515. The van der Waals surface area contributed by atoms with Gasteiger partial charge in [-0.05, 0) is 130 Å². The molecule has 56 heavy (non-hydrogen) atoms. The molecule has 9 heteroatoms. The monoisotopic (exact) mass is 1040 g/mol. The van der Waals surface area contributed by atoms with Crippen LogP contribution in [0.15, 0.2) is 55.5 Å². The second-order valence-corrected chi connectivity index (χ2v) is 33.2. The van der Waals surface area contributed by atoms with Crippen LogP contribution in [0.4, 0.5) is 11.4 Å². The van der Waals surface area contributed by atoms with Gasteiger partial charge >= 0.3 is 37.9 Å². The van der Waals surface area contributed by atoms with Crippen LogP contribution in [-0.2, 0) is 20.8 Å². The summed E-state index contributed by atoms with van der Waals surface area (Å²) in [5.74, 6) is 5.12. The van der Waals surface area contributed by atoms with E-state index in [1.54, 1.807) is 11.1 Å². The Kier molecular flexibility index (Phi) is 21.8. The molecule has 0 amide bonds. The van der Waals surface area contributed by atoms with E-state index in [0.717, 1.165) is 29.2 Å². The van der Waals surface area contributed by atoms with Crippen molar-refractivity contribution in [2.24, 2.45) is 23.7 Å². The molecule has 2 aliphatic rings. The van der Waals surface area contributed by atoms with Crippen molar-refractivity contribution in [3.05, 3.63) is 90.2 Å². The number of allylic oxidation sites excluding steroid dienone is 4. The summed E-state index contributed by atoms with van der Waals surface area (Å²) in [6, 6.07) is 9.21. The average molecular weight is 1050 g/mol. The fraction of sp³-hybridized carbons (Fsp3) is 0.638. The summed E-state index contributed by atoms with van der Waals surface area (Å²) in [6.45, 7) is 47.5. The van der Waals surface area contributed by atoms with Gasteiger partial charge in [0.2, 0.25) is 0 Å². The van der Waals surface area contributed by atoms with E-state index in [-0.39, 0.29) is 7.43 Å². The van der Waals surface area contributed by atoms with Crippen molar-refractivity contribution in [2.45, 2.75) is 172 Å². The van der Waals surface area contributed by atoms with Crippen molar-refractivity contribution in [1.29, 1.82) is 0 Å². The molecule has 2 aliphatic carbocycles. The van der Waals surface area contributed by atoms with E-state index in [2.05, 4.69) is 198 Å². The molecule has 4 unspecified atom stereocenters. The van der Waals surface area contributed by atoms with Crippen molar-refractivity contribution in [1.82, 2.24) is 0 Å². The van der Waals surface area contributed by atoms with Crippen LogP contribution >= 0.6 is 48.9 Å². The topological polar surface area (TPSA) is 26.1 Å². The van der Waals surface area contributed by atoms with Crippen LogP contribution in [0, 0.1) is 31.1 Å². The van der Waals surface area contributed by atoms with Crippen LogP contribution in [0.2, 0.25) is 37.3 Å². The maximum absolute atomic E-state index is 5.64. The predicted octanol–water partition coefficient (Wildman–Crippen LogP) is 19.0. The number of halogens is 4. The summed E-state index contributed by atoms with van der Waals surface area (Å²) in [5, 5.41) is 0. The molecular weight excluding hydrogens is 971 g/mol. The minimum atomic E-state index is -1.78. The first-order valence-corrected chi connectivity index (χ1v) is 34.7. The van der Waals surface area contributed by atoms with Crippen LogP contribution in [0.25, 0.3) is 4.98 Å². The molecule has 4 rings (SSSR count). The maximum atomic E-state index is 5.64. The molecule has 316 valence electrons. The third-order valence-corrected chi connectivity index (χ3v) is 21.0. The number of nitrogens with one attached hydrogen (secondary N) is 1. The summed E-state index contributed by atoms with van der Waals surface area (Å²) in [4.78, 5) is 9.78. The minimum absolute atomic E-state index is 0. The van der Waals surface area contributed by atoms with Gasteiger partial charge in [0.05, 0.1) is 0 Å². The van der Waals surface area contributed by atoms with Gasteiger partial charge in [-0.15, -0.1) is 5.69 Å². The number of nitrogens with zero attached hydrogens (tertiary/aromatic N) is 1. The van der Waals surface area contributed by atoms with Crippen molar-refractivity contribution in [3.8, 4) is 0 Å². The zero-order valence-electron chi connectivity index (χ0n) is 39.0. The van der Waals surface area contributed by atoms with E-state index in [0.29, 0.717) is 29.2 Å². The molecule has 0 bridgehead atoms. The molecule has 1 fully saturated rings. The van der Waals surface area contributed by atoms with Crippen LogP contribution in [0.3, 0.4) is 0 Å². The fourth-order valence-electron chi connectivity index (χ4n) is 9.92. The molecule has 2 aromatic carbocycles. The Hall–Kier alpha value is 0.377. The molecular formula is C47H78Br2Cl2N2Si2Zr. The van der Waals surface area contributed by atoms with Gasteiger partial charge < -0.3 is 17.4 Å². The molecule has 2 aromatic rings. The Bertz CT molecular complexity index is 1590. The van der Waals surface area contributed by atoms with Crippen molar-refractivity contribution in [3.63, 3.8) is 0 Å². The Morgan fingerprint density at radius 1 is 0.607 bits per heavy atom. The molecule has 0 heterocycles. The molecule has 0 saturated heterocycles. The van der Waals surface area contributed by atoms with Gasteiger partial charge in [-0.2, -0.15) is 0 Å². The summed E-state index contributed by atoms with van der Waals surface area (Å²) >= 11 is 6.64. The molecule has 0 spiro atoms. The van der Waals surface area contributed by atoms with E-state index in [1.807, 2.05) is 0 Å². The molecule has 1 saturated carbocycles. The predicted molar refractivity (Wildman–Crippen MR) is 265 cm³/mol. The standard InChI is InChI=1S/C23H39BrNSi.C23H36BrNSi.CH3.2ClH.Zr/c2*1-13(2)20-11-19(24)12-21(14(3)4)22(20)25-26(9,10)23-17(7)15(5)16(6)18(23)8;;;;/h11-18,23H,1-10H3;11-14,23,25H,1-10H3;1H3;2*1H;/q-1;;-1;;;+4/p-2. The quantitative estimate of drug-likeness (QED) is 0.186. The molecule has 1 N–H and O–H groups in total. The summed E-state index contributed by atoms with van der Waals surface area (Å²) in [6.07, 6.45) is 0. The van der Waals surface area contributed by atoms with Crippen LogP contribution < -0.4 is 4.98 Å². The van der Waals surface area contributed by atoms with Crippen molar-refractivity contribution < 1.29 is 20.8 Å². The normalized spacial score (nSPS) is 21.6. The van der Waals surface area contributed by atoms with E-state index >= 15 is 0 Å². The third-order valence-electron chi connectivity index (χ3n) is 13.4. The van der Waals surface area contributed by atoms with Crippen LogP contribution in [-0.4, -0.2) is 16.5 Å². The SMILES string of the molecule is CC(C)c1cc(Br)cc(C(C)C)c1[N-][Si](C)(C)C1C(C)C(C)C(C)C1C.CC1=C(C)C([Si](C)(C)Nc2c(C(C)C)cc(Br)cc2C(C)C)C(C)=C1C.[CH3-].[Cl][Zr+2][Cl]. The first-order valence-electron chi connectivity index (χ1n) is 20.7. The first kappa shape index (κ1) is 54.4. The van der Waals surface area contributed by atoms with Gasteiger partial charge in [-0.3, -0.25) is 0 Å². The van der Waals surface area contributed by atoms with Gasteiger partial charge in [0.15, 0.2) is 8.24 Å². The zero-order chi connectivity index (χ0) is 42.7. The third kappa shape index (κ3) is 12.7. The average Bonchev–Trinajstić information content (AvgIpc) is 3.39. The summed E-state index contributed by atoms with van der Waals surface area (Å²) < 4.78 is 2.38. The number of hydrogen-bond donors (Lipinski definition) is 1. The molecule has 2 nitrogen and oxygen atoms in total. The number of benzene rings is 2. The van der Waals surface area contributed by atoms with Gasteiger partial charge in [0.25, 0.3) is 0 Å². The second kappa shape index (κ2) is 22.5. The van der Waals surface area contributed by atoms with Gasteiger partial charge in [0.1, 0.15) is 0 Å². The van der Waals surface area contributed by atoms with Gasteiger partial charge in [0, 0.05) is 20.2 Å². The van der Waals surface area contributed by atoms with E-state index in [4.69, 9.17) is 22.0 Å². The fourth-order valence-corrected chi connectivity index (χ4v) is 18.7. The van der Waals surface area contributed by atoms with Gasteiger partial charge in [-0.1, -0.05) is 169 Å². The summed E-state index contributed by atoms with van der Waals surface area (Å²) in [5.41, 5.74) is 15.8. The van der Waals surface area contributed by atoms with Crippen LogP contribution in [0.1, 0.15) is 157 Å². The molecule has 4 atom stereocenters. The van der Waals surface area contributed by atoms with Crippen LogP contribution in [0.5, 0.6) is 0 Å². The van der Waals surface area contributed by atoms with E-state index in [9.17, 15) is 0 Å². The first-order chi connectivity index (χ1) is 25.2. The van der Waals surface area contributed by atoms with Crippen molar-refractivity contribution >= 4 is 76.7 Å². The Morgan fingerprint density at radius 2 is 0.911 bits per heavy atom. The molecule has 0 aliphatic heterocycles. The van der Waals surface area contributed by atoms with Crippen molar-refractivity contribution in [2.75, 3.05) is 4.98 Å². The Labute approximate surface area is 384 Å². The number of anilines is 1. The second-order valence-electron chi connectivity index (χ2n) is 19.2. The Morgan fingerprint density at radius 3 is 1.21 bits per heavy atom. The molecule has 0 radical (unpaired) electrons. The van der Waals surface area contributed by atoms with E-state index in [1.165, 1.54) is 53.7 Å². The van der Waals surface area contributed by atoms with Gasteiger partial charge in [-0.25, -0.2) is 0 Å².